The number of rotatable bonds is 9. The van der Waals surface area contributed by atoms with E-state index >= 15 is 0 Å². The van der Waals surface area contributed by atoms with Crippen LogP contribution >= 0.6 is 23.4 Å². The molecule has 0 saturated carbocycles. The molecule has 0 unspecified atom stereocenters. The highest BCUT2D eigenvalue weighted by Crippen LogP contribution is 2.31. The van der Waals surface area contributed by atoms with E-state index in [4.69, 9.17) is 16.3 Å². The molecule has 3 rings (SSSR count). The molecule has 11 heteroatoms. The van der Waals surface area contributed by atoms with Crippen LogP contribution in [0.1, 0.15) is 11.4 Å². The number of benzene rings is 2. The third-order valence-electron chi connectivity index (χ3n) is 4.11. The van der Waals surface area contributed by atoms with E-state index in [0.717, 1.165) is 23.9 Å². The van der Waals surface area contributed by atoms with Crippen LogP contribution in [0, 0.1) is 0 Å². The van der Waals surface area contributed by atoms with Gasteiger partial charge in [-0.1, -0.05) is 47.6 Å². The zero-order valence-electron chi connectivity index (χ0n) is 16.6. The molecule has 1 amide bonds. The molecule has 0 aliphatic carbocycles. The number of hydrogen-bond donors (Lipinski definition) is 1. The molecule has 0 spiro atoms. The summed E-state index contributed by atoms with van der Waals surface area (Å²) in [4.78, 5) is 12.3. The maximum absolute atomic E-state index is 12.9. The molecule has 0 aliphatic rings. The predicted molar refractivity (Wildman–Crippen MR) is 117 cm³/mol. The summed E-state index contributed by atoms with van der Waals surface area (Å²) < 4.78 is 45.8. The van der Waals surface area contributed by atoms with Crippen LogP contribution in [0.5, 0.6) is 5.75 Å². The Kier molecular flexibility index (Phi) is 7.81. The lowest BCUT2D eigenvalue weighted by Crippen LogP contribution is -2.15. The number of nitrogens with zero attached hydrogens (tertiary/aromatic N) is 3. The summed E-state index contributed by atoms with van der Waals surface area (Å²) in [6.07, 6.45) is -2.85. The molecule has 0 fully saturated rings. The average molecular weight is 483 g/mol. The normalized spacial score (nSPS) is 11.2. The van der Waals surface area contributed by atoms with Crippen LogP contribution in [0.25, 0.3) is 0 Å². The summed E-state index contributed by atoms with van der Waals surface area (Å²) in [7, 11) is 0. The van der Waals surface area contributed by atoms with Crippen LogP contribution in [0.2, 0.25) is 5.02 Å². The second-order valence-electron chi connectivity index (χ2n) is 6.43. The Bertz CT molecular complexity index is 1100. The Morgan fingerprint density at radius 2 is 2.00 bits per heavy atom. The predicted octanol–water partition coefficient (Wildman–Crippen LogP) is 5.45. The number of ether oxygens (including phenoxy) is 1. The number of amides is 1. The number of aromatic nitrogens is 3. The SMILES string of the molecule is C=CCn1c(COc2cccc(C(F)(F)F)c2)nnc1SCC(=O)Nc1ccccc1Cl. The largest absolute Gasteiger partial charge is 0.486 e. The number of para-hydroxylation sites is 1. The molecule has 1 heterocycles. The maximum atomic E-state index is 12.9. The van der Waals surface area contributed by atoms with Crippen LogP contribution in [-0.2, 0) is 24.1 Å². The first-order chi connectivity index (χ1) is 15.3. The molecule has 0 aliphatic heterocycles. The van der Waals surface area contributed by atoms with Crippen LogP contribution in [0.3, 0.4) is 0 Å². The van der Waals surface area contributed by atoms with Crippen molar-refractivity contribution in [2.45, 2.75) is 24.5 Å². The summed E-state index contributed by atoms with van der Waals surface area (Å²) in [5.41, 5.74) is -0.300. The van der Waals surface area contributed by atoms with E-state index in [1.807, 2.05) is 0 Å². The first-order valence-corrected chi connectivity index (χ1v) is 10.6. The van der Waals surface area contributed by atoms with Crippen LogP contribution < -0.4 is 10.1 Å². The zero-order chi connectivity index (χ0) is 23.1. The highest BCUT2D eigenvalue weighted by atomic mass is 35.5. The number of alkyl halides is 3. The lowest BCUT2D eigenvalue weighted by molar-refractivity contribution is -0.137. The fraction of sp³-hybridized carbons (Fsp3) is 0.190. The number of halogens is 4. The molecule has 0 saturated heterocycles. The Morgan fingerprint density at radius 1 is 1.22 bits per heavy atom. The van der Waals surface area contributed by atoms with Crippen molar-refractivity contribution in [2.75, 3.05) is 11.1 Å². The van der Waals surface area contributed by atoms with Gasteiger partial charge in [0.15, 0.2) is 11.0 Å². The molecule has 168 valence electrons. The van der Waals surface area contributed by atoms with Crippen molar-refractivity contribution in [1.29, 1.82) is 0 Å². The lowest BCUT2D eigenvalue weighted by Gasteiger charge is -2.11. The molecule has 1 N–H and O–H groups in total. The van der Waals surface area contributed by atoms with E-state index < -0.39 is 11.7 Å². The highest BCUT2D eigenvalue weighted by molar-refractivity contribution is 7.99. The smallest absolute Gasteiger partial charge is 0.416 e. The molecule has 0 bridgehead atoms. The minimum atomic E-state index is -4.46. The fourth-order valence-corrected chi connectivity index (χ4v) is 3.58. The van der Waals surface area contributed by atoms with Crippen molar-refractivity contribution in [3.63, 3.8) is 0 Å². The van der Waals surface area contributed by atoms with Crippen molar-refractivity contribution in [2.24, 2.45) is 0 Å². The van der Waals surface area contributed by atoms with E-state index in [1.54, 1.807) is 34.9 Å². The second kappa shape index (κ2) is 10.6. The van der Waals surface area contributed by atoms with E-state index in [0.29, 0.717) is 28.2 Å². The summed E-state index contributed by atoms with van der Waals surface area (Å²) in [5, 5.41) is 11.7. The molecule has 1 aromatic heterocycles. The lowest BCUT2D eigenvalue weighted by atomic mass is 10.2. The molecular weight excluding hydrogens is 465 g/mol. The molecule has 0 atom stereocenters. The van der Waals surface area contributed by atoms with Gasteiger partial charge in [0, 0.05) is 6.54 Å². The fourth-order valence-electron chi connectivity index (χ4n) is 2.63. The van der Waals surface area contributed by atoms with Gasteiger partial charge >= 0.3 is 6.18 Å². The van der Waals surface area contributed by atoms with Crippen molar-refractivity contribution in [3.8, 4) is 5.75 Å². The minimum absolute atomic E-state index is 0.0506. The summed E-state index contributed by atoms with van der Waals surface area (Å²) >= 11 is 7.19. The van der Waals surface area contributed by atoms with Gasteiger partial charge in [-0.25, -0.2) is 0 Å². The van der Waals surface area contributed by atoms with Crippen LogP contribution in [-0.4, -0.2) is 26.4 Å². The van der Waals surface area contributed by atoms with E-state index in [-0.39, 0.29) is 24.0 Å². The Labute approximate surface area is 191 Å². The molecular formula is C21H18ClF3N4O2S. The van der Waals surface area contributed by atoms with Crippen molar-refractivity contribution < 1.29 is 22.7 Å². The van der Waals surface area contributed by atoms with Gasteiger partial charge < -0.3 is 10.1 Å². The van der Waals surface area contributed by atoms with E-state index in [9.17, 15) is 18.0 Å². The van der Waals surface area contributed by atoms with Gasteiger partial charge in [0.05, 0.1) is 22.0 Å². The average Bonchev–Trinajstić information content (AvgIpc) is 3.14. The van der Waals surface area contributed by atoms with Crippen molar-refractivity contribution in [3.05, 3.63) is 77.6 Å². The Hall–Kier alpha value is -2.98. The number of carbonyl (C=O) groups is 1. The highest BCUT2D eigenvalue weighted by Gasteiger charge is 2.30. The Morgan fingerprint density at radius 3 is 2.72 bits per heavy atom. The van der Waals surface area contributed by atoms with Gasteiger partial charge in [-0.3, -0.25) is 9.36 Å². The maximum Gasteiger partial charge on any atom is 0.416 e. The molecule has 0 radical (unpaired) electrons. The number of nitrogens with one attached hydrogen (secondary N) is 1. The van der Waals surface area contributed by atoms with Gasteiger partial charge in [-0.2, -0.15) is 13.2 Å². The van der Waals surface area contributed by atoms with Crippen molar-refractivity contribution >= 4 is 35.0 Å². The first kappa shape index (κ1) is 23.7. The standard InChI is InChI=1S/C21H18ClF3N4O2S/c1-2-10-29-18(12-31-15-7-5-6-14(11-15)21(23,24)25)27-28-20(29)32-13-19(30)26-17-9-4-3-8-16(17)22/h2-9,11H,1,10,12-13H2,(H,26,30). The van der Waals surface area contributed by atoms with Crippen LogP contribution in [0.4, 0.5) is 18.9 Å². The quantitative estimate of drug-likeness (QED) is 0.324. The zero-order valence-corrected chi connectivity index (χ0v) is 18.2. The number of thioether (sulfide) groups is 1. The topological polar surface area (TPSA) is 69.0 Å². The van der Waals surface area contributed by atoms with Gasteiger partial charge in [-0.05, 0) is 30.3 Å². The number of anilines is 1. The minimum Gasteiger partial charge on any atom is -0.486 e. The third-order valence-corrected chi connectivity index (χ3v) is 5.41. The number of allylic oxidation sites excluding steroid dienone is 1. The van der Waals surface area contributed by atoms with Crippen LogP contribution in [0.15, 0.2) is 66.3 Å². The number of carbonyl (C=O) groups excluding carboxylic acids is 1. The Balaban J connectivity index is 1.64. The van der Waals surface area contributed by atoms with E-state index in [2.05, 4.69) is 22.1 Å². The molecule has 6 nitrogen and oxygen atoms in total. The monoisotopic (exact) mass is 482 g/mol. The third kappa shape index (κ3) is 6.27. The molecule has 2 aromatic carbocycles. The molecule has 32 heavy (non-hydrogen) atoms. The van der Waals surface area contributed by atoms with Gasteiger partial charge in [0.2, 0.25) is 5.91 Å². The summed E-state index contributed by atoms with van der Waals surface area (Å²) in [6, 6.07) is 11.5. The molecule has 3 aromatic rings. The first-order valence-electron chi connectivity index (χ1n) is 9.28. The summed E-state index contributed by atoms with van der Waals surface area (Å²) in [5.74, 6) is 0.213. The van der Waals surface area contributed by atoms with E-state index in [1.165, 1.54) is 12.1 Å². The van der Waals surface area contributed by atoms with Gasteiger partial charge in [0.1, 0.15) is 12.4 Å². The van der Waals surface area contributed by atoms with Gasteiger partial charge in [-0.15, -0.1) is 16.8 Å². The summed E-state index contributed by atoms with van der Waals surface area (Å²) in [6.45, 7) is 3.92. The van der Waals surface area contributed by atoms with Gasteiger partial charge in [0.25, 0.3) is 0 Å². The number of hydrogen-bond acceptors (Lipinski definition) is 5. The second-order valence-corrected chi connectivity index (χ2v) is 7.78. The van der Waals surface area contributed by atoms with Crippen molar-refractivity contribution in [1.82, 2.24) is 14.8 Å².